The van der Waals surface area contributed by atoms with Crippen LogP contribution < -0.4 is 14.2 Å². The molecule has 7 nitrogen and oxygen atoms in total. The van der Waals surface area contributed by atoms with Crippen LogP contribution in [-0.2, 0) is 21.2 Å². The molecule has 2 aromatic rings. The summed E-state index contributed by atoms with van der Waals surface area (Å²) in [4.78, 5) is 15.1. The van der Waals surface area contributed by atoms with Crippen LogP contribution in [0, 0.1) is 0 Å². The molecular weight excluding hydrogens is 404 g/mol. The first-order chi connectivity index (χ1) is 14.4. The number of nitrogens with one attached hydrogen (secondary N) is 1. The van der Waals surface area contributed by atoms with Gasteiger partial charge in [-0.2, -0.15) is 0 Å². The normalized spacial score (nSPS) is 16.5. The van der Waals surface area contributed by atoms with Crippen molar-refractivity contribution < 1.29 is 22.7 Å². The molecule has 8 heteroatoms. The molecule has 0 saturated carbocycles. The number of sulfonamides is 1. The van der Waals surface area contributed by atoms with Crippen molar-refractivity contribution in [2.24, 2.45) is 0 Å². The molecule has 0 aliphatic carbocycles. The molecule has 1 atom stereocenters. The number of likely N-dealkylation sites (tertiary alicyclic amines) is 1. The van der Waals surface area contributed by atoms with Gasteiger partial charge in [-0.05, 0) is 62.2 Å². The minimum absolute atomic E-state index is 0.0364. The van der Waals surface area contributed by atoms with Gasteiger partial charge in [0, 0.05) is 18.5 Å². The number of rotatable bonds is 8. The van der Waals surface area contributed by atoms with Gasteiger partial charge >= 0.3 is 0 Å². The van der Waals surface area contributed by atoms with Crippen LogP contribution in [0.3, 0.4) is 0 Å². The fourth-order valence-corrected chi connectivity index (χ4v) is 4.57. The summed E-state index contributed by atoms with van der Waals surface area (Å²) in [5, 5.41) is 0. The van der Waals surface area contributed by atoms with E-state index in [-0.39, 0.29) is 16.8 Å². The van der Waals surface area contributed by atoms with Gasteiger partial charge in [0.05, 0.1) is 25.2 Å². The van der Waals surface area contributed by atoms with Gasteiger partial charge in [0.15, 0.2) is 0 Å². The maximum Gasteiger partial charge on any atom is 0.240 e. The first-order valence-electron chi connectivity index (χ1n) is 9.93. The number of hydrogen-bond acceptors (Lipinski definition) is 5. The van der Waals surface area contributed by atoms with Crippen molar-refractivity contribution in [3.8, 4) is 11.5 Å². The zero-order valence-electron chi connectivity index (χ0n) is 17.6. The highest BCUT2D eigenvalue weighted by atomic mass is 32.2. The summed E-state index contributed by atoms with van der Waals surface area (Å²) in [6, 6.07) is 12.3. The standard InChI is InChI=1S/C22H28N2O5S/c1-23-30(26,27)18-10-6-16(7-11-18)8-13-22(25)24-14-4-5-20(24)19-15-17(28-2)9-12-21(19)29-3/h6-7,9-12,15,20,23H,4-5,8,13-14H2,1-3H3. The number of ether oxygens (including phenoxy) is 2. The summed E-state index contributed by atoms with van der Waals surface area (Å²) in [5.74, 6) is 1.57. The van der Waals surface area contributed by atoms with Crippen LogP contribution in [0.1, 0.15) is 36.4 Å². The Morgan fingerprint density at radius 3 is 2.50 bits per heavy atom. The van der Waals surface area contributed by atoms with Crippen LogP contribution in [0.5, 0.6) is 11.5 Å². The van der Waals surface area contributed by atoms with E-state index in [1.807, 2.05) is 23.1 Å². The van der Waals surface area contributed by atoms with Crippen molar-refractivity contribution in [2.75, 3.05) is 27.8 Å². The van der Waals surface area contributed by atoms with Crippen LogP contribution in [0.2, 0.25) is 0 Å². The molecule has 1 aliphatic rings. The quantitative estimate of drug-likeness (QED) is 0.693. The minimum Gasteiger partial charge on any atom is -0.497 e. The smallest absolute Gasteiger partial charge is 0.240 e. The molecule has 3 rings (SSSR count). The van der Waals surface area contributed by atoms with E-state index in [1.165, 1.54) is 7.05 Å². The number of hydrogen-bond donors (Lipinski definition) is 1. The fraction of sp³-hybridized carbons (Fsp3) is 0.409. The number of nitrogens with zero attached hydrogens (tertiary/aromatic N) is 1. The van der Waals surface area contributed by atoms with Crippen molar-refractivity contribution >= 4 is 15.9 Å². The average molecular weight is 433 g/mol. The number of aryl methyl sites for hydroxylation is 1. The van der Waals surface area contributed by atoms with E-state index in [4.69, 9.17) is 9.47 Å². The SMILES string of the molecule is CNS(=O)(=O)c1ccc(CCC(=O)N2CCCC2c2cc(OC)ccc2OC)cc1. The second-order valence-electron chi connectivity index (χ2n) is 7.20. The second kappa shape index (κ2) is 9.49. The molecule has 2 aromatic carbocycles. The largest absolute Gasteiger partial charge is 0.497 e. The summed E-state index contributed by atoms with van der Waals surface area (Å²) in [6.45, 7) is 0.712. The molecule has 0 spiro atoms. The first-order valence-corrected chi connectivity index (χ1v) is 11.4. The summed E-state index contributed by atoms with van der Waals surface area (Å²) >= 11 is 0. The Morgan fingerprint density at radius 2 is 1.87 bits per heavy atom. The third-order valence-electron chi connectivity index (χ3n) is 5.50. The lowest BCUT2D eigenvalue weighted by Crippen LogP contribution is -2.31. The Hall–Kier alpha value is -2.58. The number of carbonyl (C=O) groups excluding carboxylic acids is 1. The average Bonchev–Trinajstić information content (AvgIpc) is 3.27. The lowest BCUT2D eigenvalue weighted by molar-refractivity contribution is -0.132. The monoisotopic (exact) mass is 432 g/mol. The molecule has 1 fully saturated rings. The van der Waals surface area contributed by atoms with Crippen LogP contribution in [0.25, 0.3) is 0 Å². The van der Waals surface area contributed by atoms with E-state index in [0.29, 0.717) is 19.4 Å². The number of amides is 1. The third-order valence-corrected chi connectivity index (χ3v) is 6.93. The molecule has 162 valence electrons. The van der Waals surface area contributed by atoms with Crippen LogP contribution in [0.4, 0.5) is 0 Å². The molecule has 30 heavy (non-hydrogen) atoms. The lowest BCUT2D eigenvalue weighted by Gasteiger charge is -2.27. The molecule has 0 aromatic heterocycles. The van der Waals surface area contributed by atoms with E-state index in [9.17, 15) is 13.2 Å². The Kier molecular flexibility index (Phi) is 6.99. The van der Waals surface area contributed by atoms with E-state index >= 15 is 0 Å². The van der Waals surface area contributed by atoms with Gasteiger partial charge in [-0.1, -0.05) is 12.1 Å². The Balaban J connectivity index is 1.70. The minimum atomic E-state index is -3.46. The summed E-state index contributed by atoms with van der Waals surface area (Å²) < 4.78 is 36.8. The van der Waals surface area contributed by atoms with Crippen LogP contribution >= 0.6 is 0 Å². The van der Waals surface area contributed by atoms with Crippen molar-refractivity contribution in [2.45, 2.75) is 36.6 Å². The molecule has 1 saturated heterocycles. The molecule has 1 heterocycles. The molecule has 0 bridgehead atoms. The Bertz CT molecular complexity index is 989. The molecule has 0 radical (unpaired) electrons. The van der Waals surface area contributed by atoms with Gasteiger partial charge in [-0.25, -0.2) is 13.1 Å². The van der Waals surface area contributed by atoms with Crippen molar-refractivity contribution in [3.63, 3.8) is 0 Å². The predicted octanol–water partition coefficient (Wildman–Crippen LogP) is 2.91. The van der Waals surface area contributed by atoms with Gasteiger partial charge in [0.2, 0.25) is 15.9 Å². The Labute approximate surface area is 178 Å². The van der Waals surface area contributed by atoms with Crippen LogP contribution in [0.15, 0.2) is 47.4 Å². The highest BCUT2D eigenvalue weighted by Crippen LogP contribution is 2.39. The predicted molar refractivity (Wildman–Crippen MR) is 114 cm³/mol. The molecule has 1 aliphatic heterocycles. The third kappa shape index (κ3) is 4.76. The van der Waals surface area contributed by atoms with Crippen molar-refractivity contribution in [3.05, 3.63) is 53.6 Å². The van der Waals surface area contributed by atoms with E-state index in [0.717, 1.165) is 35.5 Å². The van der Waals surface area contributed by atoms with Crippen molar-refractivity contribution in [1.29, 1.82) is 0 Å². The van der Waals surface area contributed by atoms with Crippen LogP contribution in [-0.4, -0.2) is 47.0 Å². The van der Waals surface area contributed by atoms with Crippen molar-refractivity contribution in [1.82, 2.24) is 9.62 Å². The maximum absolute atomic E-state index is 13.0. The molecule has 1 N–H and O–H groups in total. The number of methoxy groups -OCH3 is 2. The fourth-order valence-electron chi connectivity index (χ4n) is 3.84. The van der Waals surface area contributed by atoms with Gasteiger partial charge in [-0.15, -0.1) is 0 Å². The summed E-state index contributed by atoms with van der Waals surface area (Å²) in [5.41, 5.74) is 1.89. The molecule has 1 amide bonds. The maximum atomic E-state index is 13.0. The zero-order chi connectivity index (χ0) is 21.7. The zero-order valence-corrected chi connectivity index (χ0v) is 18.4. The summed E-state index contributed by atoms with van der Waals surface area (Å²) in [7, 11) is 1.17. The second-order valence-corrected chi connectivity index (χ2v) is 9.09. The first kappa shape index (κ1) is 22.1. The number of carbonyl (C=O) groups is 1. The Morgan fingerprint density at radius 1 is 1.13 bits per heavy atom. The molecular formula is C22H28N2O5S. The van der Waals surface area contributed by atoms with E-state index in [1.54, 1.807) is 38.5 Å². The summed E-state index contributed by atoms with van der Waals surface area (Å²) in [6.07, 6.45) is 2.73. The molecule has 1 unspecified atom stereocenters. The topological polar surface area (TPSA) is 84.9 Å². The van der Waals surface area contributed by atoms with Gasteiger partial charge in [-0.3, -0.25) is 4.79 Å². The number of benzene rings is 2. The highest BCUT2D eigenvalue weighted by molar-refractivity contribution is 7.89. The van der Waals surface area contributed by atoms with Gasteiger partial charge in [0.25, 0.3) is 0 Å². The van der Waals surface area contributed by atoms with E-state index in [2.05, 4.69) is 4.72 Å². The van der Waals surface area contributed by atoms with Gasteiger partial charge < -0.3 is 14.4 Å². The highest BCUT2D eigenvalue weighted by Gasteiger charge is 2.31. The van der Waals surface area contributed by atoms with Gasteiger partial charge in [0.1, 0.15) is 11.5 Å². The lowest BCUT2D eigenvalue weighted by atomic mass is 10.0. The van der Waals surface area contributed by atoms with E-state index < -0.39 is 10.0 Å².